The molecule has 0 atom stereocenters. The number of aromatic nitrogens is 1. The van der Waals surface area contributed by atoms with Gasteiger partial charge in [-0.2, -0.15) is 0 Å². The van der Waals surface area contributed by atoms with Crippen molar-refractivity contribution in [1.82, 2.24) is 4.98 Å². The molecule has 5 heteroatoms. The van der Waals surface area contributed by atoms with Gasteiger partial charge < -0.3 is 11.1 Å². The summed E-state index contributed by atoms with van der Waals surface area (Å²) >= 11 is 0. The van der Waals surface area contributed by atoms with Gasteiger partial charge in [-0.3, -0.25) is 4.79 Å². The fraction of sp³-hybridized carbons (Fsp3) is 0.250. The predicted octanol–water partition coefficient (Wildman–Crippen LogP) is 3.77. The summed E-state index contributed by atoms with van der Waals surface area (Å²) in [5.41, 5.74) is 9.50. The van der Waals surface area contributed by atoms with E-state index < -0.39 is 0 Å². The highest BCUT2D eigenvalue weighted by Crippen LogP contribution is 2.27. The smallest absolute Gasteiger partial charge is 0.274 e. The first kappa shape index (κ1) is 17.0. The number of hydrogen-bond acceptors (Lipinski definition) is 3. The zero-order valence-corrected chi connectivity index (χ0v) is 13.2. The molecule has 0 radical (unpaired) electrons. The van der Waals surface area contributed by atoms with Gasteiger partial charge in [0.15, 0.2) is 0 Å². The Morgan fingerprint density at radius 2 is 1.95 bits per heavy atom. The number of pyridine rings is 1. The van der Waals surface area contributed by atoms with Gasteiger partial charge in [0.05, 0.1) is 11.9 Å². The first-order valence-corrected chi connectivity index (χ1v) is 6.61. The molecule has 2 aromatic rings. The van der Waals surface area contributed by atoms with E-state index in [1.807, 2.05) is 25.1 Å². The van der Waals surface area contributed by atoms with Crippen LogP contribution in [0.15, 0.2) is 36.5 Å². The summed E-state index contributed by atoms with van der Waals surface area (Å²) in [6, 6.07) is 9.31. The molecule has 1 amide bonds. The van der Waals surface area contributed by atoms with Crippen molar-refractivity contribution >= 4 is 29.7 Å². The Bertz CT molecular complexity index is 624. The number of nitrogens with one attached hydrogen (secondary N) is 1. The Morgan fingerprint density at radius 1 is 1.24 bits per heavy atom. The Balaban J connectivity index is 0.00000220. The number of nitrogens with zero attached hydrogens (tertiary/aromatic N) is 1. The second-order valence-electron chi connectivity index (χ2n) is 5.12. The Morgan fingerprint density at radius 3 is 2.52 bits per heavy atom. The summed E-state index contributed by atoms with van der Waals surface area (Å²) < 4.78 is 0. The van der Waals surface area contributed by atoms with Crippen molar-refractivity contribution in [3.8, 4) is 0 Å². The van der Waals surface area contributed by atoms with Crippen molar-refractivity contribution < 1.29 is 4.79 Å². The second-order valence-corrected chi connectivity index (χ2v) is 5.12. The lowest BCUT2D eigenvalue weighted by Gasteiger charge is -2.16. The lowest BCUT2D eigenvalue weighted by molar-refractivity contribution is 0.102. The SMILES string of the molecule is Cc1cccc(C(C)C)c1NC(=O)c1ccc(N)cn1.Cl. The topological polar surface area (TPSA) is 68.0 Å². The first-order valence-electron chi connectivity index (χ1n) is 6.61. The van der Waals surface area contributed by atoms with Gasteiger partial charge in [0.1, 0.15) is 5.69 Å². The van der Waals surface area contributed by atoms with E-state index in [0.29, 0.717) is 17.3 Å². The number of nitrogen functional groups attached to an aromatic ring is 1. The van der Waals surface area contributed by atoms with E-state index in [9.17, 15) is 4.79 Å². The molecule has 0 aliphatic heterocycles. The van der Waals surface area contributed by atoms with Crippen LogP contribution in [0.2, 0.25) is 0 Å². The molecule has 4 nitrogen and oxygen atoms in total. The number of carbonyl (C=O) groups excluding carboxylic acids is 1. The molecule has 112 valence electrons. The minimum absolute atomic E-state index is 0. The number of halogens is 1. The van der Waals surface area contributed by atoms with Crippen molar-refractivity contribution in [1.29, 1.82) is 0 Å². The molecule has 1 aromatic carbocycles. The monoisotopic (exact) mass is 305 g/mol. The van der Waals surface area contributed by atoms with Crippen LogP contribution in [0.25, 0.3) is 0 Å². The van der Waals surface area contributed by atoms with Crippen LogP contribution in [0.1, 0.15) is 41.4 Å². The van der Waals surface area contributed by atoms with Crippen molar-refractivity contribution in [2.24, 2.45) is 0 Å². The Labute approximate surface area is 131 Å². The summed E-state index contributed by atoms with van der Waals surface area (Å²) in [4.78, 5) is 16.3. The van der Waals surface area contributed by atoms with Crippen LogP contribution in [0.3, 0.4) is 0 Å². The predicted molar refractivity (Wildman–Crippen MR) is 89.1 cm³/mol. The van der Waals surface area contributed by atoms with Crippen LogP contribution >= 0.6 is 12.4 Å². The summed E-state index contributed by atoms with van der Waals surface area (Å²) in [7, 11) is 0. The average molecular weight is 306 g/mol. The lowest BCUT2D eigenvalue weighted by atomic mass is 9.98. The van der Waals surface area contributed by atoms with Crippen molar-refractivity contribution in [2.45, 2.75) is 26.7 Å². The maximum Gasteiger partial charge on any atom is 0.274 e. The van der Waals surface area contributed by atoms with E-state index in [2.05, 4.69) is 24.1 Å². The van der Waals surface area contributed by atoms with Gasteiger partial charge in [-0.05, 0) is 36.1 Å². The van der Waals surface area contributed by atoms with Crippen molar-refractivity contribution in [2.75, 3.05) is 11.1 Å². The van der Waals surface area contributed by atoms with Crippen LogP contribution < -0.4 is 11.1 Å². The molecule has 1 aromatic heterocycles. The number of aryl methyl sites for hydroxylation is 1. The normalized spacial score (nSPS) is 10.1. The number of nitrogens with two attached hydrogens (primary N) is 1. The van der Waals surface area contributed by atoms with Gasteiger partial charge in [0.25, 0.3) is 5.91 Å². The van der Waals surface area contributed by atoms with E-state index >= 15 is 0 Å². The molecular weight excluding hydrogens is 286 g/mol. The van der Waals surface area contributed by atoms with Crippen molar-refractivity contribution in [3.63, 3.8) is 0 Å². The lowest BCUT2D eigenvalue weighted by Crippen LogP contribution is -2.16. The molecule has 0 saturated carbocycles. The number of para-hydroxylation sites is 1. The minimum atomic E-state index is -0.221. The first-order chi connectivity index (χ1) is 9.49. The van der Waals surface area contributed by atoms with Gasteiger partial charge in [-0.25, -0.2) is 4.98 Å². The zero-order valence-electron chi connectivity index (χ0n) is 12.4. The number of benzene rings is 1. The van der Waals surface area contributed by atoms with E-state index in [0.717, 1.165) is 16.8 Å². The average Bonchev–Trinajstić information content (AvgIpc) is 2.41. The van der Waals surface area contributed by atoms with Gasteiger partial charge in [-0.1, -0.05) is 32.0 Å². The molecule has 3 N–H and O–H groups in total. The third-order valence-corrected chi connectivity index (χ3v) is 3.18. The standard InChI is InChI=1S/C16H19N3O.ClH/c1-10(2)13-6-4-5-11(3)15(13)19-16(20)14-8-7-12(17)9-18-14;/h4-10H,17H2,1-3H3,(H,19,20);1H. The van der Waals surface area contributed by atoms with Gasteiger partial charge >= 0.3 is 0 Å². The van der Waals surface area contributed by atoms with E-state index in [-0.39, 0.29) is 18.3 Å². The fourth-order valence-corrected chi connectivity index (χ4v) is 2.06. The molecule has 2 rings (SSSR count). The fourth-order valence-electron chi connectivity index (χ4n) is 2.06. The summed E-state index contributed by atoms with van der Waals surface area (Å²) in [6.07, 6.45) is 1.48. The molecule has 21 heavy (non-hydrogen) atoms. The van der Waals surface area contributed by atoms with Crippen LogP contribution in [-0.2, 0) is 0 Å². The molecule has 0 aliphatic rings. The third kappa shape index (κ3) is 3.95. The number of rotatable bonds is 3. The van der Waals surface area contributed by atoms with Gasteiger partial charge in [-0.15, -0.1) is 12.4 Å². The Kier molecular flexibility index (Phi) is 5.73. The van der Waals surface area contributed by atoms with E-state index in [1.54, 1.807) is 12.1 Å². The molecule has 0 bridgehead atoms. The molecular formula is C16H20ClN3O. The maximum atomic E-state index is 12.2. The number of anilines is 2. The molecule has 1 heterocycles. The van der Waals surface area contributed by atoms with Crippen molar-refractivity contribution in [3.05, 3.63) is 53.3 Å². The second kappa shape index (κ2) is 7.09. The highest BCUT2D eigenvalue weighted by molar-refractivity contribution is 6.03. The van der Waals surface area contributed by atoms with Crippen LogP contribution in [0.4, 0.5) is 11.4 Å². The molecule has 0 unspecified atom stereocenters. The highest BCUT2D eigenvalue weighted by Gasteiger charge is 2.13. The summed E-state index contributed by atoms with van der Waals surface area (Å²) in [5, 5.41) is 2.95. The van der Waals surface area contributed by atoms with E-state index in [1.165, 1.54) is 6.20 Å². The van der Waals surface area contributed by atoms with E-state index in [4.69, 9.17) is 5.73 Å². The maximum absolute atomic E-state index is 12.2. The van der Waals surface area contributed by atoms with Crippen LogP contribution in [-0.4, -0.2) is 10.9 Å². The Hall–Kier alpha value is -2.07. The number of hydrogen-bond donors (Lipinski definition) is 2. The van der Waals surface area contributed by atoms with Crippen LogP contribution in [0, 0.1) is 6.92 Å². The highest BCUT2D eigenvalue weighted by atomic mass is 35.5. The summed E-state index contributed by atoms with van der Waals surface area (Å²) in [6.45, 7) is 6.19. The zero-order chi connectivity index (χ0) is 14.7. The largest absolute Gasteiger partial charge is 0.397 e. The number of amides is 1. The third-order valence-electron chi connectivity index (χ3n) is 3.18. The van der Waals surface area contributed by atoms with Crippen LogP contribution in [0.5, 0.6) is 0 Å². The quantitative estimate of drug-likeness (QED) is 0.907. The minimum Gasteiger partial charge on any atom is -0.397 e. The molecule has 0 aliphatic carbocycles. The molecule has 0 saturated heterocycles. The summed E-state index contributed by atoms with van der Waals surface area (Å²) in [5.74, 6) is 0.116. The molecule has 0 fully saturated rings. The van der Waals surface area contributed by atoms with Gasteiger partial charge in [0, 0.05) is 5.69 Å². The number of carbonyl (C=O) groups is 1. The van der Waals surface area contributed by atoms with Gasteiger partial charge in [0.2, 0.25) is 0 Å². The molecule has 0 spiro atoms.